The second-order valence-electron chi connectivity index (χ2n) is 6.25. The molecule has 0 aromatic heterocycles. The Bertz CT molecular complexity index is 274. The predicted octanol–water partition coefficient (Wildman–Crippen LogP) is 3.70. The summed E-state index contributed by atoms with van der Waals surface area (Å²) in [6.45, 7) is 5.09. The minimum atomic E-state index is 0.0505. The molecule has 0 unspecified atom stereocenters. The molecule has 0 radical (unpaired) electrons. The smallest absolute Gasteiger partial charge is 0.309 e. The average molecular weight is 268 g/mol. The Morgan fingerprint density at radius 3 is 2.11 bits per heavy atom. The summed E-state index contributed by atoms with van der Waals surface area (Å²) in [7, 11) is 0. The van der Waals surface area contributed by atoms with Gasteiger partial charge in [0.15, 0.2) is 0 Å². The van der Waals surface area contributed by atoms with Crippen LogP contribution in [0.25, 0.3) is 0 Å². The van der Waals surface area contributed by atoms with Gasteiger partial charge in [-0.2, -0.15) is 0 Å². The molecular weight excluding hydrogens is 240 g/mol. The van der Waals surface area contributed by atoms with Crippen molar-refractivity contribution in [3.63, 3.8) is 0 Å². The zero-order valence-electron chi connectivity index (χ0n) is 12.4. The predicted molar refractivity (Wildman–Crippen MR) is 74.9 cm³/mol. The molecule has 2 fully saturated rings. The SMILES string of the molecule is CCOC1CCC(C(=O)OC2CCC(C)CC2)CC1. The first kappa shape index (κ1) is 14.8. The maximum Gasteiger partial charge on any atom is 0.309 e. The van der Waals surface area contributed by atoms with Crippen molar-refractivity contribution in [3.05, 3.63) is 0 Å². The third kappa shape index (κ3) is 4.48. The fourth-order valence-electron chi connectivity index (χ4n) is 3.31. The first-order chi connectivity index (χ1) is 9.19. The van der Waals surface area contributed by atoms with Crippen molar-refractivity contribution >= 4 is 5.97 Å². The lowest BCUT2D eigenvalue weighted by molar-refractivity contribution is -0.158. The van der Waals surface area contributed by atoms with Crippen LogP contribution in [0.1, 0.15) is 65.2 Å². The maximum atomic E-state index is 12.1. The molecule has 2 saturated carbocycles. The van der Waals surface area contributed by atoms with Crippen LogP contribution in [0.4, 0.5) is 0 Å². The molecular formula is C16H28O3. The van der Waals surface area contributed by atoms with Gasteiger partial charge in [-0.1, -0.05) is 6.92 Å². The Morgan fingerprint density at radius 1 is 0.947 bits per heavy atom. The van der Waals surface area contributed by atoms with Crippen LogP contribution in [0.3, 0.4) is 0 Å². The van der Waals surface area contributed by atoms with Gasteiger partial charge in [-0.3, -0.25) is 4.79 Å². The quantitative estimate of drug-likeness (QED) is 0.729. The van der Waals surface area contributed by atoms with Crippen molar-refractivity contribution in [2.24, 2.45) is 11.8 Å². The molecule has 0 spiro atoms. The van der Waals surface area contributed by atoms with E-state index >= 15 is 0 Å². The number of esters is 1. The molecule has 0 saturated heterocycles. The molecule has 3 nitrogen and oxygen atoms in total. The minimum Gasteiger partial charge on any atom is -0.462 e. The molecule has 0 aromatic rings. The Kier molecular flexibility index (Phi) is 5.68. The van der Waals surface area contributed by atoms with Gasteiger partial charge in [0.05, 0.1) is 12.0 Å². The molecule has 0 heterocycles. The van der Waals surface area contributed by atoms with Gasteiger partial charge in [-0.05, 0) is 64.2 Å². The van der Waals surface area contributed by atoms with E-state index in [-0.39, 0.29) is 18.0 Å². The van der Waals surface area contributed by atoms with Crippen LogP contribution in [-0.2, 0) is 14.3 Å². The summed E-state index contributed by atoms with van der Waals surface area (Å²) in [4.78, 5) is 12.1. The molecule has 19 heavy (non-hydrogen) atoms. The Morgan fingerprint density at radius 2 is 1.53 bits per heavy atom. The van der Waals surface area contributed by atoms with Crippen molar-refractivity contribution in [2.45, 2.75) is 77.4 Å². The number of carbonyl (C=O) groups excluding carboxylic acids is 1. The zero-order valence-corrected chi connectivity index (χ0v) is 12.4. The lowest BCUT2D eigenvalue weighted by atomic mass is 9.86. The highest BCUT2D eigenvalue weighted by Gasteiger charge is 2.30. The topological polar surface area (TPSA) is 35.5 Å². The van der Waals surface area contributed by atoms with Crippen LogP contribution in [-0.4, -0.2) is 24.8 Å². The van der Waals surface area contributed by atoms with Gasteiger partial charge in [-0.25, -0.2) is 0 Å². The van der Waals surface area contributed by atoms with E-state index in [1.54, 1.807) is 0 Å². The molecule has 0 aliphatic heterocycles. The monoisotopic (exact) mass is 268 g/mol. The van der Waals surface area contributed by atoms with Crippen molar-refractivity contribution < 1.29 is 14.3 Å². The van der Waals surface area contributed by atoms with Crippen LogP contribution < -0.4 is 0 Å². The molecule has 0 atom stereocenters. The minimum absolute atomic E-state index is 0.0505. The summed E-state index contributed by atoms with van der Waals surface area (Å²) in [6, 6.07) is 0. The fourth-order valence-corrected chi connectivity index (χ4v) is 3.31. The van der Waals surface area contributed by atoms with E-state index in [2.05, 4.69) is 6.92 Å². The summed E-state index contributed by atoms with van der Waals surface area (Å²) >= 11 is 0. The first-order valence-electron chi connectivity index (χ1n) is 8.01. The molecule has 0 aromatic carbocycles. The summed E-state index contributed by atoms with van der Waals surface area (Å²) in [5.41, 5.74) is 0. The molecule has 0 N–H and O–H groups in total. The Labute approximate surface area is 117 Å². The first-order valence-corrected chi connectivity index (χ1v) is 8.01. The van der Waals surface area contributed by atoms with Crippen molar-refractivity contribution in [1.82, 2.24) is 0 Å². The Balaban J connectivity index is 1.69. The van der Waals surface area contributed by atoms with Crippen LogP contribution in [0.5, 0.6) is 0 Å². The number of rotatable bonds is 4. The fraction of sp³-hybridized carbons (Fsp3) is 0.938. The van der Waals surface area contributed by atoms with E-state index in [0.717, 1.165) is 51.0 Å². The molecule has 2 aliphatic carbocycles. The highest BCUT2D eigenvalue weighted by atomic mass is 16.5. The van der Waals surface area contributed by atoms with Gasteiger partial charge in [0.2, 0.25) is 0 Å². The maximum absolute atomic E-state index is 12.1. The summed E-state index contributed by atoms with van der Waals surface area (Å²) < 4.78 is 11.3. The van der Waals surface area contributed by atoms with E-state index in [9.17, 15) is 4.79 Å². The normalized spacial score (nSPS) is 35.9. The molecule has 2 rings (SSSR count). The lowest BCUT2D eigenvalue weighted by Gasteiger charge is -2.30. The van der Waals surface area contributed by atoms with Gasteiger partial charge >= 0.3 is 5.97 Å². The third-order valence-electron chi connectivity index (χ3n) is 4.66. The highest BCUT2D eigenvalue weighted by molar-refractivity contribution is 5.72. The number of carbonyl (C=O) groups is 1. The second-order valence-corrected chi connectivity index (χ2v) is 6.25. The van der Waals surface area contributed by atoms with E-state index in [0.29, 0.717) is 6.10 Å². The molecule has 0 amide bonds. The van der Waals surface area contributed by atoms with Crippen molar-refractivity contribution in [2.75, 3.05) is 6.61 Å². The number of hydrogen-bond acceptors (Lipinski definition) is 3. The van der Waals surface area contributed by atoms with Gasteiger partial charge in [0.1, 0.15) is 6.10 Å². The third-order valence-corrected chi connectivity index (χ3v) is 4.66. The largest absolute Gasteiger partial charge is 0.462 e. The van der Waals surface area contributed by atoms with Crippen LogP contribution in [0.15, 0.2) is 0 Å². The van der Waals surface area contributed by atoms with E-state index in [1.807, 2.05) is 6.92 Å². The Hall–Kier alpha value is -0.570. The highest BCUT2D eigenvalue weighted by Crippen LogP contribution is 2.30. The molecule has 3 heteroatoms. The van der Waals surface area contributed by atoms with Crippen LogP contribution in [0, 0.1) is 11.8 Å². The van der Waals surface area contributed by atoms with Crippen LogP contribution >= 0.6 is 0 Å². The number of ether oxygens (including phenoxy) is 2. The second kappa shape index (κ2) is 7.28. The van der Waals surface area contributed by atoms with E-state index in [4.69, 9.17) is 9.47 Å². The standard InChI is InChI=1S/C16H28O3/c1-3-18-14-10-6-13(7-11-14)16(17)19-15-8-4-12(2)5-9-15/h12-15H,3-11H2,1-2H3. The zero-order chi connectivity index (χ0) is 13.7. The summed E-state index contributed by atoms with van der Waals surface area (Å²) in [5.74, 6) is 0.974. The van der Waals surface area contributed by atoms with Crippen molar-refractivity contribution in [1.29, 1.82) is 0 Å². The van der Waals surface area contributed by atoms with Gasteiger partial charge < -0.3 is 9.47 Å². The van der Waals surface area contributed by atoms with Gasteiger partial charge in [-0.15, -0.1) is 0 Å². The number of hydrogen-bond donors (Lipinski definition) is 0. The molecule has 2 aliphatic rings. The van der Waals surface area contributed by atoms with Crippen molar-refractivity contribution in [3.8, 4) is 0 Å². The van der Waals surface area contributed by atoms with Gasteiger partial charge in [0, 0.05) is 6.61 Å². The molecule has 110 valence electrons. The average Bonchev–Trinajstić information content (AvgIpc) is 2.42. The molecule has 0 bridgehead atoms. The lowest BCUT2D eigenvalue weighted by Crippen LogP contribution is -2.31. The van der Waals surface area contributed by atoms with Gasteiger partial charge in [0.25, 0.3) is 0 Å². The summed E-state index contributed by atoms with van der Waals surface area (Å²) in [6.07, 6.45) is 8.97. The van der Waals surface area contributed by atoms with E-state index < -0.39 is 0 Å². The van der Waals surface area contributed by atoms with E-state index in [1.165, 1.54) is 12.8 Å². The van der Waals surface area contributed by atoms with Crippen LogP contribution in [0.2, 0.25) is 0 Å². The summed E-state index contributed by atoms with van der Waals surface area (Å²) in [5, 5.41) is 0.